The summed E-state index contributed by atoms with van der Waals surface area (Å²) in [5, 5.41) is 4.41. The summed E-state index contributed by atoms with van der Waals surface area (Å²) < 4.78 is 3.93. The van der Waals surface area contributed by atoms with Crippen LogP contribution in [0.4, 0.5) is 0 Å². The molecule has 1 fully saturated rings. The molecule has 0 atom stereocenters. The summed E-state index contributed by atoms with van der Waals surface area (Å²) in [7, 11) is 5.63. The van der Waals surface area contributed by atoms with E-state index in [1.54, 1.807) is 17.4 Å². The van der Waals surface area contributed by atoms with Gasteiger partial charge in [-0.3, -0.25) is 14.4 Å². The Labute approximate surface area is 142 Å². The van der Waals surface area contributed by atoms with Crippen LogP contribution in [-0.4, -0.2) is 62.2 Å². The molecule has 0 radical (unpaired) electrons. The lowest BCUT2D eigenvalue weighted by molar-refractivity contribution is -0.141. The Kier molecular flexibility index (Phi) is 4.45. The van der Waals surface area contributed by atoms with Crippen LogP contribution in [0.1, 0.15) is 24.2 Å². The molecule has 24 heavy (non-hydrogen) atoms. The van der Waals surface area contributed by atoms with Gasteiger partial charge in [-0.05, 0) is 25.8 Å². The van der Waals surface area contributed by atoms with E-state index in [0.29, 0.717) is 0 Å². The maximum atomic E-state index is 12.9. The zero-order chi connectivity index (χ0) is 17.3. The molecule has 0 aliphatic carbocycles. The third-order valence-corrected chi connectivity index (χ3v) is 4.97. The highest BCUT2D eigenvalue weighted by atomic mass is 16.2. The quantitative estimate of drug-likeness (QED) is 0.839. The second-order valence-electron chi connectivity index (χ2n) is 6.88. The van der Waals surface area contributed by atoms with Crippen LogP contribution in [0.2, 0.25) is 0 Å². The average molecular weight is 330 g/mol. The van der Waals surface area contributed by atoms with Crippen LogP contribution < -0.4 is 0 Å². The van der Waals surface area contributed by atoms with Crippen molar-refractivity contribution in [3.63, 3.8) is 0 Å². The lowest BCUT2D eigenvalue weighted by atomic mass is 9.85. The van der Waals surface area contributed by atoms with Gasteiger partial charge in [-0.15, -0.1) is 0 Å². The first-order valence-electron chi connectivity index (χ1n) is 8.34. The van der Waals surface area contributed by atoms with Gasteiger partial charge in [0.15, 0.2) is 0 Å². The molecule has 0 bridgehead atoms. The molecule has 0 aromatic carbocycles. The largest absolute Gasteiger partial charge is 0.347 e. The number of hydrogen-bond donors (Lipinski definition) is 0. The Morgan fingerprint density at radius 2 is 2.04 bits per heavy atom. The molecule has 1 aliphatic heterocycles. The lowest BCUT2D eigenvalue weighted by Gasteiger charge is -2.42. The Morgan fingerprint density at radius 3 is 2.54 bits per heavy atom. The lowest BCUT2D eigenvalue weighted by Crippen LogP contribution is -2.54. The number of aromatic nitrogens is 4. The number of imidazole rings is 1. The predicted molar refractivity (Wildman–Crippen MR) is 91.4 cm³/mol. The molecular formula is C17H26N6O. The van der Waals surface area contributed by atoms with Gasteiger partial charge in [-0.25, -0.2) is 4.98 Å². The smallest absolute Gasteiger partial charge is 0.248 e. The number of rotatable bonds is 4. The van der Waals surface area contributed by atoms with Crippen LogP contribution in [0.15, 0.2) is 24.8 Å². The fraction of sp³-hybridized carbons (Fsp3) is 0.588. The summed E-state index contributed by atoms with van der Waals surface area (Å²) in [6, 6.07) is 2.13. The van der Waals surface area contributed by atoms with E-state index in [-0.39, 0.29) is 5.91 Å². The number of likely N-dealkylation sites (N-methyl/N-ethyl adjacent to an activating group) is 1. The van der Waals surface area contributed by atoms with Crippen LogP contribution in [-0.2, 0) is 23.9 Å². The molecule has 7 nitrogen and oxygen atoms in total. The summed E-state index contributed by atoms with van der Waals surface area (Å²) in [6.07, 6.45) is 6.99. The summed E-state index contributed by atoms with van der Waals surface area (Å²) in [5.74, 6) is 0.150. The number of hydrogen-bond acceptors (Lipinski definition) is 4. The highest BCUT2D eigenvalue weighted by molar-refractivity contribution is 5.84. The summed E-state index contributed by atoms with van der Waals surface area (Å²) in [6.45, 7) is 4.64. The van der Waals surface area contributed by atoms with Gasteiger partial charge in [0, 0.05) is 53.2 Å². The van der Waals surface area contributed by atoms with Crippen LogP contribution >= 0.6 is 0 Å². The second kappa shape index (κ2) is 6.39. The number of nitrogens with zero attached hydrogens (tertiary/aromatic N) is 6. The zero-order valence-corrected chi connectivity index (χ0v) is 14.9. The highest BCUT2D eigenvalue weighted by Gasteiger charge is 2.43. The van der Waals surface area contributed by atoms with Crippen LogP contribution in [0, 0.1) is 6.92 Å². The molecule has 0 saturated carbocycles. The van der Waals surface area contributed by atoms with Crippen molar-refractivity contribution in [3.8, 4) is 0 Å². The molecule has 2 aromatic rings. The predicted octanol–water partition coefficient (Wildman–Crippen LogP) is 1.00. The fourth-order valence-corrected chi connectivity index (χ4v) is 3.63. The maximum Gasteiger partial charge on any atom is 0.248 e. The van der Waals surface area contributed by atoms with Crippen LogP contribution in [0.25, 0.3) is 0 Å². The molecule has 7 heteroatoms. The van der Waals surface area contributed by atoms with Gasteiger partial charge < -0.3 is 9.47 Å². The van der Waals surface area contributed by atoms with Crippen molar-refractivity contribution in [2.75, 3.05) is 27.2 Å². The molecule has 2 aromatic heterocycles. The number of piperidine rings is 1. The van der Waals surface area contributed by atoms with E-state index in [2.05, 4.69) is 21.0 Å². The maximum absolute atomic E-state index is 12.9. The Bertz CT molecular complexity index is 695. The first-order valence-corrected chi connectivity index (χ1v) is 8.34. The first kappa shape index (κ1) is 16.7. The third-order valence-electron chi connectivity index (χ3n) is 4.97. The Hall–Kier alpha value is -2.15. The second-order valence-corrected chi connectivity index (χ2v) is 6.88. The molecule has 1 amide bonds. The van der Waals surface area contributed by atoms with Crippen molar-refractivity contribution in [1.82, 2.24) is 29.1 Å². The molecular weight excluding hydrogens is 304 g/mol. The zero-order valence-electron chi connectivity index (χ0n) is 14.9. The normalized spacial score (nSPS) is 17.8. The number of likely N-dealkylation sites (tertiary alicyclic amines) is 1. The van der Waals surface area contributed by atoms with Crippen molar-refractivity contribution >= 4 is 5.91 Å². The number of aryl methyl sites for hydroxylation is 2. The monoisotopic (exact) mass is 330 g/mol. The molecule has 0 unspecified atom stereocenters. The summed E-state index contributed by atoms with van der Waals surface area (Å²) in [5.41, 5.74) is 1.74. The van der Waals surface area contributed by atoms with Crippen molar-refractivity contribution < 1.29 is 4.79 Å². The van der Waals surface area contributed by atoms with Gasteiger partial charge >= 0.3 is 0 Å². The topological polar surface area (TPSA) is 59.2 Å². The van der Waals surface area contributed by atoms with Crippen molar-refractivity contribution in [3.05, 3.63) is 36.2 Å². The molecule has 1 aliphatic rings. The minimum absolute atomic E-state index is 0.150. The van der Waals surface area contributed by atoms with Gasteiger partial charge in [0.05, 0.1) is 17.7 Å². The van der Waals surface area contributed by atoms with E-state index >= 15 is 0 Å². The van der Waals surface area contributed by atoms with E-state index in [1.165, 1.54) is 5.69 Å². The highest BCUT2D eigenvalue weighted by Crippen LogP contribution is 2.32. The van der Waals surface area contributed by atoms with Gasteiger partial charge in [0.2, 0.25) is 5.91 Å². The molecule has 3 heterocycles. The fourth-order valence-electron chi connectivity index (χ4n) is 3.63. The minimum Gasteiger partial charge on any atom is -0.347 e. The van der Waals surface area contributed by atoms with Crippen molar-refractivity contribution in [2.45, 2.75) is 31.8 Å². The van der Waals surface area contributed by atoms with Gasteiger partial charge in [-0.2, -0.15) is 5.10 Å². The molecule has 3 rings (SSSR count). The third kappa shape index (κ3) is 2.96. The summed E-state index contributed by atoms with van der Waals surface area (Å²) in [4.78, 5) is 21.1. The minimum atomic E-state index is -0.515. The van der Waals surface area contributed by atoms with Gasteiger partial charge in [0.25, 0.3) is 0 Å². The average Bonchev–Trinajstić information content (AvgIpc) is 3.18. The van der Waals surface area contributed by atoms with E-state index in [1.807, 2.05) is 43.5 Å². The number of amides is 1. The van der Waals surface area contributed by atoms with Crippen molar-refractivity contribution in [2.24, 2.45) is 7.05 Å². The number of carbonyl (C=O) groups excluding carboxylic acids is 1. The molecule has 1 saturated heterocycles. The molecule has 0 N–H and O–H groups in total. The standard InChI is InChI=1S/C17H26N6O/c1-14-11-15(21(4)19-14)12-22-8-5-17(6-9-22,16(24)20(2)3)23-10-7-18-13-23/h7,10-11,13H,5-6,8-9,12H2,1-4H3. The van der Waals surface area contributed by atoms with E-state index < -0.39 is 5.54 Å². The Balaban J connectivity index is 1.75. The first-order chi connectivity index (χ1) is 11.4. The van der Waals surface area contributed by atoms with Crippen LogP contribution in [0.3, 0.4) is 0 Å². The number of carbonyl (C=O) groups is 1. The van der Waals surface area contributed by atoms with Gasteiger partial charge in [-0.1, -0.05) is 0 Å². The molecule has 130 valence electrons. The van der Waals surface area contributed by atoms with Crippen LogP contribution in [0.5, 0.6) is 0 Å². The molecule has 0 spiro atoms. The van der Waals surface area contributed by atoms with E-state index in [0.717, 1.165) is 38.2 Å². The SMILES string of the molecule is Cc1cc(CN2CCC(C(=O)N(C)C)(n3ccnc3)CC2)n(C)n1. The van der Waals surface area contributed by atoms with E-state index in [4.69, 9.17) is 0 Å². The van der Waals surface area contributed by atoms with Gasteiger partial charge in [0.1, 0.15) is 5.54 Å². The Morgan fingerprint density at radius 1 is 1.33 bits per heavy atom. The van der Waals surface area contributed by atoms with E-state index in [9.17, 15) is 4.79 Å². The summed E-state index contributed by atoms with van der Waals surface area (Å²) >= 11 is 0. The van der Waals surface area contributed by atoms with Crippen molar-refractivity contribution in [1.29, 1.82) is 0 Å².